The Bertz CT molecular complexity index is 520. The standard InChI is InChI=1S/C15H26N4O2/c1-7-19(11(2)10-17(4)5)15-13(8-9-14(20)21)12(3)16-18(15)6/h8-9,11H,7,10H2,1-6H3,(H,20,21)/b9-8+. The first-order chi connectivity index (χ1) is 9.77. The van der Waals surface area contributed by atoms with Crippen molar-refractivity contribution in [2.75, 3.05) is 32.1 Å². The number of hydrogen-bond donors (Lipinski definition) is 1. The van der Waals surface area contributed by atoms with E-state index in [9.17, 15) is 4.79 Å². The molecule has 6 heteroatoms. The number of hydrogen-bond acceptors (Lipinski definition) is 4. The lowest BCUT2D eigenvalue weighted by Gasteiger charge is -2.32. The Kier molecular flexibility index (Phi) is 5.96. The highest BCUT2D eigenvalue weighted by molar-refractivity contribution is 5.87. The van der Waals surface area contributed by atoms with E-state index in [1.165, 1.54) is 0 Å². The molecule has 0 radical (unpaired) electrons. The van der Waals surface area contributed by atoms with Crippen LogP contribution in [0.25, 0.3) is 6.08 Å². The van der Waals surface area contributed by atoms with E-state index >= 15 is 0 Å². The number of rotatable bonds is 7. The Morgan fingerprint density at radius 1 is 1.48 bits per heavy atom. The second-order valence-corrected chi connectivity index (χ2v) is 5.52. The van der Waals surface area contributed by atoms with Crippen LogP contribution < -0.4 is 4.90 Å². The zero-order valence-corrected chi connectivity index (χ0v) is 13.8. The highest BCUT2D eigenvalue weighted by Gasteiger charge is 2.21. The van der Waals surface area contributed by atoms with Gasteiger partial charge in [0.1, 0.15) is 5.82 Å². The van der Waals surface area contributed by atoms with Gasteiger partial charge in [0.2, 0.25) is 0 Å². The molecule has 1 aromatic rings. The van der Waals surface area contributed by atoms with E-state index in [0.29, 0.717) is 6.04 Å². The van der Waals surface area contributed by atoms with Crippen molar-refractivity contribution in [3.63, 3.8) is 0 Å². The second kappa shape index (κ2) is 7.26. The van der Waals surface area contributed by atoms with Crippen molar-refractivity contribution >= 4 is 17.9 Å². The van der Waals surface area contributed by atoms with Crippen molar-refractivity contribution in [3.8, 4) is 0 Å². The number of anilines is 1. The van der Waals surface area contributed by atoms with Crippen LogP contribution in [-0.2, 0) is 11.8 Å². The van der Waals surface area contributed by atoms with Crippen molar-refractivity contribution in [3.05, 3.63) is 17.3 Å². The molecule has 0 aliphatic carbocycles. The number of aromatic nitrogens is 2. The highest BCUT2D eigenvalue weighted by Crippen LogP contribution is 2.26. The molecule has 0 fully saturated rings. The van der Waals surface area contributed by atoms with E-state index < -0.39 is 5.97 Å². The second-order valence-electron chi connectivity index (χ2n) is 5.52. The molecule has 6 nitrogen and oxygen atoms in total. The molecule has 1 heterocycles. The van der Waals surface area contributed by atoms with E-state index in [1.807, 2.05) is 32.7 Å². The molecule has 0 amide bonds. The van der Waals surface area contributed by atoms with Gasteiger partial charge in [-0.3, -0.25) is 4.68 Å². The molecule has 0 aliphatic heterocycles. The number of likely N-dealkylation sites (N-methyl/N-ethyl adjacent to an activating group) is 2. The number of carboxylic acids is 1. The third-order valence-corrected chi connectivity index (χ3v) is 3.40. The molecule has 1 unspecified atom stereocenters. The van der Waals surface area contributed by atoms with Crippen LogP contribution in [0.15, 0.2) is 6.08 Å². The van der Waals surface area contributed by atoms with E-state index in [4.69, 9.17) is 5.11 Å². The first-order valence-corrected chi connectivity index (χ1v) is 7.13. The molecule has 0 aliphatic rings. The molecular weight excluding hydrogens is 268 g/mol. The lowest BCUT2D eigenvalue weighted by atomic mass is 10.1. The van der Waals surface area contributed by atoms with Crippen LogP contribution >= 0.6 is 0 Å². The molecule has 1 rings (SSSR count). The minimum Gasteiger partial charge on any atom is -0.478 e. The van der Waals surface area contributed by atoms with Gasteiger partial charge in [-0.25, -0.2) is 4.79 Å². The van der Waals surface area contributed by atoms with Gasteiger partial charge in [0.05, 0.1) is 5.69 Å². The first kappa shape index (κ1) is 17.2. The van der Waals surface area contributed by atoms with Gasteiger partial charge >= 0.3 is 5.97 Å². The third kappa shape index (κ3) is 4.32. The van der Waals surface area contributed by atoms with E-state index in [2.05, 4.69) is 28.7 Å². The predicted octanol–water partition coefficient (Wildman–Crippen LogP) is 1.60. The Morgan fingerprint density at radius 2 is 2.10 bits per heavy atom. The van der Waals surface area contributed by atoms with Gasteiger partial charge in [-0.15, -0.1) is 0 Å². The van der Waals surface area contributed by atoms with Gasteiger partial charge in [-0.1, -0.05) is 0 Å². The monoisotopic (exact) mass is 294 g/mol. The van der Waals surface area contributed by atoms with Crippen LogP contribution in [0, 0.1) is 6.92 Å². The summed E-state index contributed by atoms with van der Waals surface area (Å²) in [5.41, 5.74) is 1.70. The van der Waals surface area contributed by atoms with Gasteiger partial charge < -0.3 is 14.9 Å². The molecule has 118 valence electrons. The van der Waals surface area contributed by atoms with Crippen LogP contribution in [0.2, 0.25) is 0 Å². The van der Waals surface area contributed by atoms with Crippen molar-refractivity contribution in [1.29, 1.82) is 0 Å². The van der Waals surface area contributed by atoms with Gasteiger partial charge in [0.25, 0.3) is 0 Å². The topological polar surface area (TPSA) is 61.6 Å². The number of carbonyl (C=O) groups is 1. The van der Waals surface area contributed by atoms with Gasteiger partial charge in [0.15, 0.2) is 0 Å². The lowest BCUT2D eigenvalue weighted by Crippen LogP contribution is -2.41. The zero-order valence-electron chi connectivity index (χ0n) is 13.8. The number of aliphatic carboxylic acids is 1. The summed E-state index contributed by atoms with van der Waals surface area (Å²) in [7, 11) is 5.99. The van der Waals surface area contributed by atoms with Crippen LogP contribution in [0.5, 0.6) is 0 Å². The summed E-state index contributed by atoms with van der Waals surface area (Å²) in [5.74, 6) is 0.00967. The quantitative estimate of drug-likeness (QED) is 0.774. The molecule has 21 heavy (non-hydrogen) atoms. The Hall–Kier alpha value is -1.82. The third-order valence-electron chi connectivity index (χ3n) is 3.40. The minimum absolute atomic E-state index is 0.303. The number of nitrogens with zero attached hydrogens (tertiary/aromatic N) is 4. The molecule has 0 spiro atoms. The first-order valence-electron chi connectivity index (χ1n) is 7.13. The average molecular weight is 294 g/mol. The number of carboxylic acid groups (broad SMARTS) is 1. The van der Waals surface area contributed by atoms with Crippen molar-refractivity contribution in [1.82, 2.24) is 14.7 Å². The van der Waals surface area contributed by atoms with Crippen molar-refractivity contribution < 1.29 is 9.90 Å². The van der Waals surface area contributed by atoms with Gasteiger partial charge in [0, 0.05) is 37.8 Å². The number of aryl methyl sites for hydroxylation is 2. The Labute approximate surface area is 126 Å². The average Bonchev–Trinajstić information content (AvgIpc) is 2.62. The SMILES string of the molecule is CCN(c1c(/C=C/C(=O)O)c(C)nn1C)C(C)CN(C)C. The molecule has 0 aromatic carbocycles. The van der Waals surface area contributed by atoms with Crippen LogP contribution in [0.1, 0.15) is 25.1 Å². The van der Waals surface area contributed by atoms with Gasteiger partial charge in [-0.2, -0.15) is 5.10 Å². The molecule has 1 aromatic heterocycles. The largest absolute Gasteiger partial charge is 0.478 e. The maximum Gasteiger partial charge on any atom is 0.328 e. The molecule has 1 N–H and O–H groups in total. The normalized spacial score (nSPS) is 13.1. The highest BCUT2D eigenvalue weighted by atomic mass is 16.4. The maximum absolute atomic E-state index is 10.8. The van der Waals surface area contributed by atoms with Crippen LogP contribution in [-0.4, -0.2) is 59.0 Å². The lowest BCUT2D eigenvalue weighted by molar-refractivity contribution is -0.131. The molecule has 0 saturated carbocycles. The van der Waals surface area contributed by atoms with Crippen LogP contribution in [0.3, 0.4) is 0 Å². The molecule has 0 bridgehead atoms. The van der Waals surface area contributed by atoms with Crippen LogP contribution in [0.4, 0.5) is 5.82 Å². The predicted molar refractivity (Wildman–Crippen MR) is 85.7 cm³/mol. The smallest absolute Gasteiger partial charge is 0.328 e. The summed E-state index contributed by atoms with van der Waals surface area (Å²) < 4.78 is 1.83. The fourth-order valence-electron chi connectivity index (χ4n) is 2.65. The van der Waals surface area contributed by atoms with E-state index in [0.717, 1.165) is 36.2 Å². The van der Waals surface area contributed by atoms with E-state index in [-0.39, 0.29) is 0 Å². The summed E-state index contributed by atoms with van der Waals surface area (Å²) in [6, 6.07) is 0.303. The zero-order chi connectivity index (χ0) is 16.2. The van der Waals surface area contributed by atoms with Crippen molar-refractivity contribution in [2.24, 2.45) is 7.05 Å². The summed E-state index contributed by atoms with van der Waals surface area (Å²) in [6.45, 7) is 7.91. The Morgan fingerprint density at radius 3 is 2.57 bits per heavy atom. The molecular formula is C15H26N4O2. The fraction of sp³-hybridized carbons (Fsp3) is 0.600. The van der Waals surface area contributed by atoms with E-state index in [1.54, 1.807) is 6.08 Å². The fourth-order valence-corrected chi connectivity index (χ4v) is 2.65. The summed E-state index contributed by atoms with van der Waals surface area (Å²) >= 11 is 0. The maximum atomic E-state index is 10.8. The molecule has 0 saturated heterocycles. The minimum atomic E-state index is -0.950. The summed E-state index contributed by atoms with van der Waals surface area (Å²) in [6.07, 6.45) is 2.79. The van der Waals surface area contributed by atoms with Crippen molar-refractivity contribution in [2.45, 2.75) is 26.8 Å². The molecule has 1 atom stereocenters. The van der Waals surface area contributed by atoms with Gasteiger partial charge in [-0.05, 0) is 40.9 Å². The summed E-state index contributed by atoms with van der Waals surface area (Å²) in [4.78, 5) is 15.2. The summed E-state index contributed by atoms with van der Waals surface area (Å²) in [5, 5.41) is 13.3. The Balaban J connectivity index is 3.22.